The van der Waals surface area contributed by atoms with E-state index in [4.69, 9.17) is 5.11 Å². The minimum atomic E-state index is -0.961. The molecule has 1 N–H and O–H groups in total. The molecule has 5 heteroatoms. The van der Waals surface area contributed by atoms with Crippen molar-refractivity contribution in [3.05, 3.63) is 24.0 Å². The second kappa shape index (κ2) is 4.99. The highest BCUT2D eigenvalue weighted by molar-refractivity contribution is 5.85. The van der Waals surface area contributed by atoms with E-state index in [2.05, 4.69) is 14.9 Å². The van der Waals surface area contributed by atoms with Gasteiger partial charge < -0.3 is 10.0 Å². The van der Waals surface area contributed by atoms with E-state index in [-0.39, 0.29) is 0 Å². The molecule has 0 bridgehead atoms. The third kappa shape index (κ3) is 3.30. The lowest BCUT2D eigenvalue weighted by molar-refractivity contribution is -0.131. The van der Waals surface area contributed by atoms with E-state index in [0.29, 0.717) is 11.6 Å². The second-order valence-corrected chi connectivity index (χ2v) is 5.31. The number of aliphatic carboxylic acids is 1. The highest BCUT2D eigenvalue weighted by Crippen LogP contribution is 2.36. The molecule has 19 heavy (non-hydrogen) atoms. The zero-order valence-electron chi connectivity index (χ0n) is 10.7. The van der Waals surface area contributed by atoms with Crippen LogP contribution in [0.3, 0.4) is 0 Å². The summed E-state index contributed by atoms with van der Waals surface area (Å²) in [5.74, 6) is 0.634. The summed E-state index contributed by atoms with van der Waals surface area (Å²) in [7, 11) is 0. The third-order valence-corrected chi connectivity index (χ3v) is 3.47. The number of hydrogen-bond acceptors (Lipinski definition) is 4. The first kappa shape index (κ1) is 12.1. The number of anilines is 1. The zero-order chi connectivity index (χ0) is 13.2. The van der Waals surface area contributed by atoms with E-state index in [1.54, 1.807) is 12.4 Å². The number of nitrogens with zero attached hydrogens (tertiary/aromatic N) is 3. The summed E-state index contributed by atoms with van der Waals surface area (Å²) in [5, 5.41) is 8.57. The summed E-state index contributed by atoms with van der Waals surface area (Å²) in [4.78, 5) is 21.5. The van der Waals surface area contributed by atoms with Crippen LogP contribution in [-0.2, 0) is 4.79 Å². The molecular weight excluding hydrogens is 242 g/mol. The molecule has 0 aliphatic heterocycles. The van der Waals surface area contributed by atoms with Crippen molar-refractivity contribution in [3.8, 4) is 0 Å². The highest BCUT2D eigenvalue weighted by Gasteiger charge is 2.34. The second-order valence-electron chi connectivity index (χ2n) is 5.31. The molecule has 1 aromatic heterocycles. The van der Waals surface area contributed by atoms with Crippen molar-refractivity contribution in [2.75, 3.05) is 11.4 Å². The van der Waals surface area contributed by atoms with Gasteiger partial charge in [0.1, 0.15) is 0 Å². The SMILES string of the molecule is O=C(O)/C=C/c1cnc(N(CC2CC2)C2CC2)nc1. The van der Waals surface area contributed by atoms with E-state index in [1.807, 2.05) is 0 Å². The van der Waals surface area contributed by atoms with Crippen LogP contribution in [0.15, 0.2) is 18.5 Å². The molecule has 0 aromatic carbocycles. The lowest BCUT2D eigenvalue weighted by Crippen LogP contribution is -2.29. The van der Waals surface area contributed by atoms with Gasteiger partial charge in [-0.3, -0.25) is 0 Å². The van der Waals surface area contributed by atoms with Crippen LogP contribution in [0.4, 0.5) is 5.95 Å². The Kier molecular flexibility index (Phi) is 3.19. The molecule has 0 spiro atoms. The van der Waals surface area contributed by atoms with Crippen LogP contribution in [-0.4, -0.2) is 33.6 Å². The van der Waals surface area contributed by atoms with Gasteiger partial charge in [-0.2, -0.15) is 0 Å². The molecule has 2 aliphatic carbocycles. The summed E-state index contributed by atoms with van der Waals surface area (Å²) in [6.45, 7) is 1.06. The summed E-state index contributed by atoms with van der Waals surface area (Å²) in [5.41, 5.74) is 0.716. The number of rotatable bonds is 6. The van der Waals surface area contributed by atoms with Crippen molar-refractivity contribution in [1.29, 1.82) is 0 Å². The van der Waals surface area contributed by atoms with Crippen LogP contribution in [0.2, 0.25) is 0 Å². The van der Waals surface area contributed by atoms with Gasteiger partial charge in [0.15, 0.2) is 0 Å². The lowest BCUT2D eigenvalue weighted by atomic mass is 10.3. The van der Waals surface area contributed by atoms with Gasteiger partial charge in [0, 0.05) is 36.6 Å². The molecule has 0 radical (unpaired) electrons. The molecule has 0 amide bonds. The predicted octanol–water partition coefficient (Wildman–Crippen LogP) is 1.95. The lowest BCUT2D eigenvalue weighted by Gasteiger charge is -2.21. The predicted molar refractivity (Wildman–Crippen MR) is 71.8 cm³/mol. The normalized spacial score (nSPS) is 18.7. The molecule has 2 aliphatic rings. The number of hydrogen-bond donors (Lipinski definition) is 1. The summed E-state index contributed by atoms with van der Waals surface area (Å²) >= 11 is 0. The van der Waals surface area contributed by atoms with E-state index in [0.717, 1.165) is 24.5 Å². The zero-order valence-corrected chi connectivity index (χ0v) is 10.7. The fraction of sp³-hybridized carbons (Fsp3) is 0.500. The van der Waals surface area contributed by atoms with Crippen molar-refractivity contribution in [1.82, 2.24) is 9.97 Å². The molecule has 0 unspecified atom stereocenters. The summed E-state index contributed by atoms with van der Waals surface area (Å²) < 4.78 is 0. The molecule has 100 valence electrons. The van der Waals surface area contributed by atoms with E-state index >= 15 is 0 Å². The van der Waals surface area contributed by atoms with Gasteiger partial charge in [0.25, 0.3) is 0 Å². The number of aromatic nitrogens is 2. The fourth-order valence-corrected chi connectivity index (χ4v) is 2.09. The Morgan fingerprint density at radius 2 is 2.00 bits per heavy atom. The Balaban J connectivity index is 1.70. The van der Waals surface area contributed by atoms with Gasteiger partial charge in [0.05, 0.1) is 0 Å². The van der Waals surface area contributed by atoms with Crippen molar-refractivity contribution >= 4 is 18.0 Å². The smallest absolute Gasteiger partial charge is 0.328 e. The van der Waals surface area contributed by atoms with E-state index < -0.39 is 5.97 Å². The molecule has 5 nitrogen and oxygen atoms in total. The first-order valence-corrected chi connectivity index (χ1v) is 6.72. The average Bonchev–Trinajstić information content (AvgIpc) is 3.27. The standard InChI is InChI=1S/C14H17N3O2/c18-13(19)6-3-11-7-15-14(16-8-11)17(12-4-5-12)9-10-1-2-10/h3,6-8,10,12H,1-2,4-5,9H2,(H,18,19)/b6-3+. The minimum Gasteiger partial charge on any atom is -0.478 e. The minimum absolute atomic E-state index is 0.612. The molecule has 3 rings (SSSR count). The summed E-state index contributed by atoms with van der Waals surface area (Å²) in [6.07, 6.45) is 11.1. The molecular formula is C14H17N3O2. The van der Waals surface area contributed by atoms with Crippen LogP contribution in [0.25, 0.3) is 6.08 Å². The number of carboxylic acid groups (broad SMARTS) is 1. The first-order valence-electron chi connectivity index (χ1n) is 6.72. The van der Waals surface area contributed by atoms with Gasteiger partial charge >= 0.3 is 5.97 Å². The molecule has 2 fully saturated rings. The number of carbonyl (C=O) groups is 1. The maximum absolute atomic E-state index is 10.4. The molecule has 2 saturated carbocycles. The first-order chi connectivity index (χ1) is 9.22. The monoisotopic (exact) mass is 259 g/mol. The van der Waals surface area contributed by atoms with Crippen molar-refractivity contribution < 1.29 is 9.90 Å². The Morgan fingerprint density at radius 3 is 2.53 bits per heavy atom. The molecule has 0 saturated heterocycles. The Bertz CT molecular complexity index is 490. The molecule has 1 aromatic rings. The van der Waals surface area contributed by atoms with Gasteiger partial charge in [-0.05, 0) is 37.7 Å². The van der Waals surface area contributed by atoms with Gasteiger partial charge in [-0.25, -0.2) is 14.8 Å². The summed E-state index contributed by atoms with van der Waals surface area (Å²) in [6, 6.07) is 0.612. The Labute approximate surface area is 112 Å². The van der Waals surface area contributed by atoms with Crippen LogP contribution in [0, 0.1) is 5.92 Å². The molecule has 0 atom stereocenters. The largest absolute Gasteiger partial charge is 0.478 e. The van der Waals surface area contributed by atoms with Gasteiger partial charge in [0.2, 0.25) is 5.95 Å². The van der Waals surface area contributed by atoms with Crippen LogP contribution in [0.1, 0.15) is 31.2 Å². The van der Waals surface area contributed by atoms with E-state index in [9.17, 15) is 4.79 Å². The van der Waals surface area contributed by atoms with Gasteiger partial charge in [-0.15, -0.1) is 0 Å². The Morgan fingerprint density at radius 1 is 1.32 bits per heavy atom. The quantitative estimate of drug-likeness (QED) is 0.791. The van der Waals surface area contributed by atoms with Crippen molar-refractivity contribution in [2.24, 2.45) is 5.92 Å². The topological polar surface area (TPSA) is 66.3 Å². The van der Waals surface area contributed by atoms with Crippen molar-refractivity contribution in [2.45, 2.75) is 31.7 Å². The van der Waals surface area contributed by atoms with Crippen LogP contribution < -0.4 is 4.90 Å². The highest BCUT2D eigenvalue weighted by atomic mass is 16.4. The number of carboxylic acids is 1. The van der Waals surface area contributed by atoms with Crippen molar-refractivity contribution in [3.63, 3.8) is 0 Å². The molecule has 1 heterocycles. The van der Waals surface area contributed by atoms with Crippen LogP contribution in [0.5, 0.6) is 0 Å². The maximum Gasteiger partial charge on any atom is 0.328 e. The van der Waals surface area contributed by atoms with Gasteiger partial charge in [-0.1, -0.05) is 0 Å². The average molecular weight is 259 g/mol. The van der Waals surface area contributed by atoms with E-state index in [1.165, 1.54) is 31.8 Å². The maximum atomic E-state index is 10.4. The third-order valence-electron chi connectivity index (χ3n) is 3.47. The Hall–Kier alpha value is -1.91. The fourth-order valence-electron chi connectivity index (χ4n) is 2.09. The van der Waals surface area contributed by atoms with Crippen LogP contribution >= 0.6 is 0 Å².